The molecule has 0 bridgehead atoms. The first kappa shape index (κ1) is 21.2. The van der Waals surface area contributed by atoms with Gasteiger partial charge in [0.05, 0.1) is 18.7 Å². The van der Waals surface area contributed by atoms with E-state index in [9.17, 15) is 14.4 Å². The third-order valence-corrected chi connectivity index (χ3v) is 4.87. The highest BCUT2D eigenvalue weighted by Gasteiger charge is 2.25. The van der Waals surface area contributed by atoms with Gasteiger partial charge in [0, 0.05) is 25.6 Å². The van der Waals surface area contributed by atoms with Crippen molar-refractivity contribution in [1.82, 2.24) is 5.01 Å². The van der Waals surface area contributed by atoms with E-state index in [1.54, 1.807) is 19.2 Å². The molecular weight excluding hydrogens is 382 g/mol. The molecule has 1 aliphatic rings. The summed E-state index contributed by atoms with van der Waals surface area (Å²) in [6.07, 6.45) is -0.373. The van der Waals surface area contributed by atoms with Crippen molar-refractivity contribution in [1.29, 1.82) is 0 Å². The van der Waals surface area contributed by atoms with Gasteiger partial charge in [-0.2, -0.15) is 5.10 Å². The Morgan fingerprint density at radius 1 is 1.03 bits per heavy atom. The number of hydrazone groups is 1. The van der Waals surface area contributed by atoms with Crippen LogP contribution in [-0.2, 0) is 19.1 Å². The van der Waals surface area contributed by atoms with Crippen LogP contribution in [0.1, 0.15) is 31.7 Å². The summed E-state index contributed by atoms with van der Waals surface area (Å²) in [5.74, 6) is -1.16. The van der Waals surface area contributed by atoms with E-state index in [1.165, 1.54) is 16.8 Å². The van der Waals surface area contributed by atoms with Crippen LogP contribution in [0.5, 0.6) is 0 Å². The summed E-state index contributed by atoms with van der Waals surface area (Å²) in [6.45, 7) is 2.02. The molecule has 156 valence electrons. The van der Waals surface area contributed by atoms with Gasteiger partial charge in [0.15, 0.2) is 6.10 Å². The van der Waals surface area contributed by atoms with Gasteiger partial charge in [0.2, 0.25) is 5.91 Å². The Kier molecular flexibility index (Phi) is 6.95. The molecule has 1 atom stereocenters. The van der Waals surface area contributed by atoms with E-state index < -0.39 is 12.1 Å². The molecule has 3 rings (SSSR count). The number of nitrogens with zero attached hydrogens (tertiary/aromatic N) is 3. The zero-order valence-electron chi connectivity index (χ0n) is 17.2. The predicted octanol–water partition coefficient (Wildman–Crippen LogP) is 3.00. The van der Waals surface area contributed by atoms with Gasteiger partial charge in [-0.15, -0.1) is 0 Å². The highest BCUT2D eigenvalue weighted by molar-refractivity contribution is 6.02. The zero-order valence-corrected chi connectivity index (χ0v) is 17.2. The van der Waals surface area contributed by atoms with Crippen LogP contribution in [0.15, 0.2) is 65.8 Å². The zero-order chi connectivity index (χ0) is 21.5. The summed E-state index contributed by atoms with van der Waals surface area (Å²) >= 11 is 0. The van der Waals surface area contributed by atoms with Gasteiger partial charge in [-0.3, -0.25) is 14.4 Å². The molecule has 0 fully saturated rings. The van der Waals surface area contributed by atoms with E-state index >= 15 is 0 Å². The lowest BCUT2D eigenvalue weighted by atomic mass is 10.1. The molecule has 2 aromatic carbocycles. The molecule has 1 aliphatic heterocycles. The van der Waals surface area contributed by atoms with Crippen molar-refractivity contribution in [3.63, 3.8) is 0 Å². The average molecular weight is 407 g/mol. The van der Waals surface area contributed by atoms with Crippen LogP contribution in [-0.4, -0.2) is 48.2 Å². The minimum absolute atomic E-state index is 0.0140. The Labute approximate surface area is 175 Å². The number of anilines is 1. The second-order valence-electron chi connectivity index (χ2n) is 7.04. The molecule has 0 unspecified atom stereocenters. The first-order valence-corrected chi connectivity index (χ1v) is 9.91. The number of carbonyl (C=O) groups excluding carboxylic acids is 3. The topological polar surface area (TPSA) is 79.3 Å². The van der Waals surface area contributed by atoms with E-state index in [4.69, 9.17) is 4.74 Å². The monoisotopic (exact) mass is 407 g/mol. The van der Waals surface area contributed by atoms with E-state index in [0.717, 1.165) is 11.3 Å². The van der Waals surface area contributed by atoms with E-state index in [1.807, 2.05) is 48.5 Å². The molecule has 0 saturated heterocycles. The van der Waals surface area contributed by atoms with E-state index in [-0.39, 0.29) is 24.7 Å². The fraction of sp³-hybridized carbons (Fsp3) is 0.304. The van der Waals surface area contributed by atoms with Crippen molar-refractivity contribution in [2.45, 2.75) is 32.3 Å². The lowest BCUT2D eigenvalue weighted by Crippen LogP contribution is -2.37. The van der Waals surface area contributed by atoms with Crippen molar-refractivity contribution in [3.8, 4) is 0 Å². The number of ether oxygens (including phenoxy) is 1. The number of benzene rings is 2. The normalized spacial score (nSPS) is 14.1. The van der Waals surface area contributed by atoms with Crippen molar-refractivity contribution < 1.29 is 19.1 Å². The number of esters is 1. The number of likely N-dealkylation sites (N-methyl/N-ethyl adjacent to an activating group) is 1. The maximum atomic E-state index is 12.5. The average Bonchev–Trinajstić information content (AvgIpc) is 3.28. The van der Waals surface area contributed by atoms with Crippen LogP contribution in [0.25, 0.3) is 0 Å². The van der Waals surface area contributed by atoms with Gasteiger partial charge in [-0.1, -0.05) is 48.5 Å². The number of rotatable bonds is 7. The number of hydrogen-bond acceptors (Lipinski definition) is 5. The molecule has 0 radical (unpaired) electrons. The summed E-state index contributed by atoms with van der Waals surface area (Å²) in [4.78, 5) is 38.4. The van der Waals surface area contributed by atoms with Crippen molar-refractivity contribution in [3.05, 3.63) is 66.2 Å². The van der Waals surface area contributed by atoms with E-state index in [2.05, 4.69) is 5.10 Å². The lowest BCUT2D eigenvalue weighted by Gasteiger charge is -2.21. The molecule has 2 aromatic rings. The Hall–Kier alpha value is -3.48. The molecule has 7 nitrogen and oxygen atoms in total. The van der Waals surface area contributed by atoms with E-state index in [0.29, 0.717) is 18.7 Å². The van der Waals surface area contributed by atoms with Crippen LogP contribution in [0.2, 0.25) is 0 Å². The minimum Gasteiger partial charge on any atom is -0.453 e. The fourth-order valence-electron chi connectivity index (χ4n) is 3.17. The van der Waals surface area contributed by atoms with Crippen molar-refractivity contribution in [2.75, 3.05) is 18.5 Å². The third kappa shape index (κ3) is 5.31. The van der Waals surface area contributed by atoms with Crippen LogP contribution in [0.3, 0.4) is 0 Å². The standard InChI is InChI=1S/C23H25N3O4/c1-17(23(29)25(2)19-11-7-4-8-12-19)30-22(28)14-13-21(27)26-16-15-20(24-26)18-9-5-3-6-10-18/h3-12,17H,13-16H2,1-2H3/t17-/m0/s1. The molecule has 0 aliphatic carbocycles. The minimum atomic E-state index is -0.938. The molecule has 0 saturated carbocycles. The van der Waals surface area contributed by atoms with Gasteiger partial charge >= 0.3 is 5.97 Å². The molecule has 2 amide bonds. The molecule has 0 spiro atoms. The smallest absolute Gasteiger partial charge is 0.307 e. The number of amides is 2. The molecular formula is C23H25N3O4. The van der Waals surface area contributed by atoms with Crippen molar-refractivity contribution >= 4 is 29.2 Å². The van der Waals surface area contributed by atoms with Crippen molar-refractivity contribution in [2.24, 2.45) is 5.10 Å². The summed E-state index contributed by atoms with van der Waals surface area (Å²) in [5, 5.41) is 5.77. The van der Waals surface area contributed by atoms with Crippen LogP contribution < -0.4 is 4.90 Å². The SMILES string of the molecule is C[C@H](OC(=O)CCC(=O)N1CCC(c2ccccc2)=N1)C(=O)N(C)c1ccccc1. The van der Waals surface area contributed by atoms with Gasteiger partial charge in [0.25, 0.3) is 5.91 Å². The number of para-hydroxylation sites is 1. The molecule has 1 heterocycles. The summed E-state index contributed by atoms with van der Waals surface area (Å²) in [7, 11) is 1.63. The van der Waals surface area contributed by atoms with Gasteiger partial charge in [-0.25, -0.2) is 5.01 Å². The maximum absolute atomic E-state index is 12.5. The summed E-state index contributed by atoms with van der Waals surface area (Å²) in [6, 6.07) is 18.8. The third-order valence-electron chi connectivity index (χ3n) is 4.87. The van der Waals surface area contributed by atoms with Gasteiger partial charge in [0.1, 0.15) is 0 Å². The van der Waals surface area contributed by atoms with Gasteiger partial charge < -0.3 is 9.64 Å². The molecule has 30 heavy (non-hydrogen) atoms. The Morgan fingerprint density at radius 3 is 2.33 bits per heavy atom. The summed E-state index contributed by atoms with van der Waals surface area (Å²) < 4.78 is 5.22. The quantitative estimate of drug-likeness (QED) is 0.661. The first-order valence-electron chi connectivity index (χ1n) is 9.91. The summed E-state index contributed by atoms with van der Waals surface area (Å²) in [5.41, 5.74) is 2.55. The maximum Gasteiger partial charge on any atom is 0.307 e. The Bertz CT molecular complexity index is 928. The molecule has 0 aromatic heterocycles. The highest BCUT2D eigenvalue weighted by Crippen LogP contribution is 2.16. The number of hydrogen-bond donors (Lipinski definition) is 0. The van der Waals surface area contributed by atoms with Crippen LogP contribution in [0, 0.1) is 0 Å². The second kappa shape index (κ2) is 9.82. The highest BCUT2D eigenvalue weighted by atomic mass is 16.5. The lowest BCUT2D eigenvalue weighted by molar-refractivity contribution is -0.154. The molecule has 7 heteroatoms. The van der Waals surface area contributed by atoms with Crippen LogP contribution >= 0.6 is 0 Å². The predicted molar refractivity (Wildman–Crippen MR) is 114 cm³/mol. The fourth-order valence-corrected chi connectivity index (χ4v) is 3.17. The molecule has 0 N–H and O–H groups in total. The Balaban J connectivity index is 1.47. The first-order chi connectivity index (χ1) is 14.5. The second-order valence-corrected chi connectivity index (χ2v) is 7.04. The Morgan fingerprint density at radius 2 is 1.67 bits per heavy atom. The number of carbonyl (C=O) groups is 3. The largest absolute Gasteiger partial charge is 0.453 e. The van der Waals surface area contributed by atoms with Gasteiger partial charge in [-0.05, 0) is 24.6 Å². The van der Waals surface area contributed by atoms with Crippen LogP contribution in [0.4, 0.5) is 5.69 Å².